The summed E-state index contributed by atoms with van der Waals surface area (Å²) in [4.78, 5) is 14.9. The van der Waals surface area contributed by atoms with Crippen LogP contribution in [0, 0.1) is 5.41 Å². The van der Waals surface area contributed by atoms with E-state index in [4.69, 9.17) is 0 Å². The van der Waals surface area contributed by atoms with Gasteiger partial charge in [0.05, 0.1) is 5.41 Å². The van der Waals surface area contributed by atoms with Crippen molar-refractivity contribution >= 4 is 5.91 Å². The zero-order valence-electron chi connectivity index (χ0n) is 13.1. The van der Waals surface area contributed by atoms with Gasteiger partial charge in [-0.2, -0.15) is 0 Å². The minimum absolute atomic E-state index is 0.185. The molecular formula is C15H31N3O. The van der Waals surface area contributed by atoms with Crippen LogP contribution in [-0.4, -0.2) is 49.6 Å². The highest BCUT2D eigenvalue weighted by Crippen LogP contribution is 2.30. The van der Waals surface area contributed by atoms with Gasteiger partial charge in [0.2, 0.25) is 5.91 Å². The fraction of sp³-hybridized carbons (Fsp3) is 0.933. The van der Waals surface area contributed by atoms with Crippen LogP contribution in [0.25, 0.3) is 0 Å². The van der Waals surface area contributed by atoms with Gasteiger partial charge in [0, 0.05) is 19.1 Å². The number of nitrogens with zero attached hydrogens (tertiary/aromatic N) is 1. The summed E-state index contributed by atoms with van der Waals surface area (Å²) in [6.07, 6.45) is 3.04. The molecular weight excluding hydrogens is 238 g/mol. The normalized spacial score (nSPS) is 25.3. The zero-order valence-corrected chi connectivity index (χ0v) is 13.1. The van der Waals surface area contributed by atoms with Crippen LogP contribution in [0.2, 0.25) is 0 Å². The van der Waals surface area contributed by atoms with Crippen molar-refractivity contribution in [1.82, 2.24) is 15.5 Å². The van der Waals surface area contributed by atoms with Gasteiger partial charge < -0.3 is 15.5 Å². The van der Waals surface area contributed by atoms with Crippen molar-refractivity contribution in [3.8, 4) is 0 Å². The standard InChI is InChI=1S/C15H31N3O/c1-5-15(9-8-10-16-12-15)14(19)17-13(4)11-18(6-2)7-3/h13,16H,5-12H2,1-4H3,(H,17,19). The lowest BCUT2D eigenvalue weighted by atomic mass is 9.77. The van der Waals surface area contributed by atoms with Crippen LogP contribution in [0.3, 0.4) is 0 Å². The number of piperidine rings is 1. The first-order valence-corrected chi connectivity index (χ1v) is 7.82. The topological polar surface area (TPSA) is 44.4 Å². The van der Waals surface area contributed by atoms with E-state index in [2.05, 4.69) is 43.2 Å². The first-order valence-electron chi connectivity index (χ1n) is 7.82. The summed E-state index contributed by atoms with van der Waals surface area (Å²) in [6, 6.07) is 0.220. The van der Waals surface area contributed by atoms with Gasteiger partial charge in [-0.3, -0.25) is 4.79 Å². The van der Waals surface area contributed by atoms with Crippen molar-refractivity contribution in [2.45, 2.75) is 53.0 Å². The smallest absolute Gasteiger partial charge is 0.227 e. The summed E-state index contributed by atoms with van der Waals surface area (Å²) >= 11 is 0. The van der Waals surface area contributed by atoms with E-state index in [1.165, 1.54) is 0 Å². The van der Waals surface area contributed by atoms with Gasteiger partial charge in [-0.25, -0.2) is 0 Å². The summed E-state index contributed by atoms with van der Waals surface area (Å²) < 4.78 is 0. The van der Waals surface area contributed by atoms with E-state index in [9.17, 15) is 4.79 Å². The minimum atomic E-state index is -0.185. The molecule has 2 unspecified atom stereocenters. The second kappa shape index (κ2) is 7.85. The Bertz CT molecular complexity index is 271. The largest absolute Gasteiger partial charge is 0.352 e. The van der Waals surface area contributed by atoms with Crippen molar-refractivity contribution in [2.75, 3.05) is 32.7 Å². The summed E-state index contributed by atoms with van der Waals surface area (Å²) in [5.41, 5.74) is -0.185. The average Bonchev–Trinajstić information content (AvgIpc) is 2.45. The van der Waals surface area contributed by atoms with Crippen molar-refractivity contribution in [2.24, 2.45) is 5.41 Å². The van der Waals surface area contributed by atoms with Gasteiger partial charge in [0.15, 0.2) is 0 Å². The highest BCUT2D eigenvalue weighted by atomic mass is 16.2. The highest BCUT2D eigenvalue weighted by Gasteiger charge is 2.38. The van der Waals surface area contributed by atoms with E-state index >= 15 is 0 Å². The molecule has 1 saturated heterocycles. The maximum atomic E-state index is 12.6. The molecule has 1 amide bonds. The number of nitrogens with one attached hydrogen (secondary N) is 2. The molecule has 4 heteroatoms. The van der Waals surface area contributed by atoms with Crippen LogP contribution >= 0.6 is 0 Å². The number of carbonyl (C=O) groups excluding carboxylic acids is 1. The number of likely N-dealkylation sites (N-methyl/N-ethyl adjacent to an activating group) is 1. The molecule has 0 aliphatic carbocycles. The number of rotatable bonds is 7. The summed E-state index contributed by atoms with van der Waals surface area (Å²) in [6.45, 7) is 13.4. The minimum Gasteiger partial charge on any atom is -0.352 e. The fourth-order valence-electron chi connectivity index (χ4n) is 2.92. The Morgan fingerprint density at radius 1 is 1.37 bits per heavy atom. The second-order valence-corrected chi connectivity index (χ2v) is 5.77. The molecule has 1 aliphatic rings. The Morgan fingerprint density at radius 3 is 2.53 bits per heavy atom. The highest BCUT2D eigenvalue weighted by molar-refractivity contribution is 5.83. The fourth-order valence-corrected chi connectivity index (χ4v) is 2.92. The van der Waals surface area contributed by atoms with Gasteiger partial charge >= 0.3 is 0 Å². The van der Waals surface area contributed by atoms with Gasteiger partial charge in [0.1, 0.15) is 0 Å². The van der Waals surface area contributed by atoms with Gasteiger partial charge in [-0.1, -0.05) is 20.8 Å². The van der Waals surface area contributed by atoms with Crippen molar-refractivity contribution in [3.63, 3.8) is 0 Å². The maximum Gasteiger partial charge on any atom is 0.227 e. The third kappa shape index (κ3) is 4.46. The SMILES string of the molecule is CCN(CC)CC(C)NC(=O)C1(CC)CCCNC1. The Labute approximate surface area is 118 Å². The molecule has 1 fully saturated rings. The molecule has 112 valence electrons. The maximum absolute atomic E-state index is 12.6. The Kier molecular flexibility index (Phi) is 6.80. The van der Waals surface area contributed by atoms with E-state index in [1.807, 2.05) is 0 Å². The van der Waals surface area contributed by atoms with Crippen molar-refractivity contribution < 1.29 is 4.79 Å². The molecule has 0 saturated carbocycles. The molecule has 0 aromatic rings. The van der Waals surface area contributed by atoms with E-state index in [-0.39, 0.29) is 17.4 Å². The van der Waals surface area contributed by atoms with E-state index in [0.717, 1.165) is 52.0 Å². The van der Waals surface area contributed by atoms with Crippen molar-refractivity contribution in [1.29, 1.82) is 0 Å². The first kappa shape index (κ1) is 16.4. The Balaban J connectivity index is 2.52. The molecule has 1 heterocycles. The molecule has 0 bridgehead atoms. The van der Waals surface area contributed by atoms with Gasteiger partial charge in [-0.05, 0) is 45.8 Å². The molecule has 19 heavy (non-hydrogen) atoms. The van der Waals surface area contributed by atoms with Crippen LogP contribution in [0.5, 0.6) is 0 Å². The predicted octanol–water partition coefficient (Wildman–Crippen LogP) is 1.61. The number of carbonyl (C=O) groups is 1. The lowest BCUT2D eigenvalue weighted by Crippen LogP contribution is -2.53. The quantitative estimate of drug-likeness (QED) is 0.738. The van der Waals surface area contributed by atoms with E-state index in [0.29, 0.717) is 0 Å². The lowest BCUT2D eigenvalue weighted by Gasteiger charge is -2.36. The number of hydrogen-bond donors (Lipinski definition) is 2. The van der Waals surface area contributed by atoms with Crippen LogP contribution in [0.1, 0.15) is 47.0 Å². The van der Waals surface area contributed by atoms with Crippen LogP contribution < -0.4 is 10.6 Å². The number of hydrogen-bond acceptors (Lipinski definition) is 3. The Morgan fingerprint density at radius 2 is 2.05 bits per heavy atom. The van der Waals surface area contributed by atoms with Gasteiger partial charge in [0.25, 0.3) is 0 Å². The average molecular weight is 269 g/mol. The first-order chi connectivity index (χ1) is 9.07. The van der Waals surface area contributed by atoms with E-state index < -0.39 is 0 Å². The lowest BCUT2D eigenvalue weighted by molar-refractivity contribution is -0.133. The monoisotopic (exact) mass is 269 g/mol. The summed E-state index contributed by atoms with van der Waals surface area (Å²) in [5.74, 6) is 0.238. The second-order valence-electron chi connectivity index (χ2n) is 5.77. The molecule has 0 radical (unpaired) electrons. The van der Waals surface area contributed by atoms with Crippen LogP contribution in [0.4, 0.5) is 0 Å². The molecule has 0 spiro atoms. The van der Waals surface area contributed by atoms with Crippen molar-refractivity contribution in [3.05, 3.63) is 0 Å². The molecule has 4 nitrogen and oxygen atoms in total. The predicted molar refractivity (Wildman–Crippen MR) is 80.2 cm³/mol. The van der Waals surface area contributed by atoms with Crippen LogP contribution in [-0.2, 0) is 4.79 Å². The number of amides is 1. The third-order valence-electron chi connectivity index (χ3n) is 4.43. The van der Waals surface area contributed by atoms with Crippen LogP contribution in [0.15, 0.2) is 0 Å². The molecule has 1 rings (SSSR count). The summed E-state index contributed by atoms with van der Waals surface area (Å²) in [5, 5.41) is 6.59. The molecule has 1 aliphatic heterocycles. The van der Waals surface area contributed by atoms with Gasteiger partial charge in [-0.15, -0.1) is 0 Å². The Hall–Kier alpha value is -0.610. The third-order valence-corrected chi connectivity index (χ3v) is 4.43. The molecule has 0 aromatic carbocycles. The summed E-state index contributed by atoms with van der Waals surface area (Å²) in [7, 11) is 0. The van der Waals surface area contributed by atoms with E-state index in [1.54, 1.807) is 0 Å². The molecule has 0 aromatic heterocycles. The molecule has 2 N–H and O–H groups in total. The molecule has 2 atom stereocenters. The zero-order chi connectivity index (χ0) is 14.3.